The number of amides is 2. The van der Waals surface area contributed by atoms with Crippen LogP contribution < -0.4 is 10.2 Å². The molecule has 1 fully saturated rings. The maximum absolute atomic E-state index is 14.7. The SMILES string of the molecule is O=C(Nc1nc2ccc(F)cc2s1)N1CCN(c2ncc(CC(O)CO)cc2F)CC1CO. The van der Waals surface area contributed by atoms with Crippen molar-refractivity contribution >= 4 is 38.5 Å². The highest BCUT2D eigenvalue weighted by atomic mass is 32.1. The average Bonchev–Trinajstić information content (AvgIpc) is 3.19. The van der Waals surface area contributed by atoms with Crippen LogP contribution in [-0.2, 0) is 6.42 Å². The maximum Gasteiger partial charge on any atom is 0.324 e. The minimum Gasteiger partial charge on any atom is -0.394 e. The molecule has 176 valence electrons. The molecule has 9 nitrogen and oxygen atoms in total. The smallest absolute Gasteiger partial charge is 0.324 e. The van der Waals surface area contributed by atoms with Crippen LogP contribution in [0.4, 0.5) is 24.5 Å². The quantitative estimate of drug-likeness (QED) is 0.424. The fourth-order valence-electron chi connectivity index (χ4n) is 3.74. The number of thiazole rings is 1. The molecular weight excluding hydrogens is 456 g/mol. The van der Waals surface area contributed by atoms with Crippen LogP contribution in [0.25, 0.3) is 10.2 Å². The monoisotopic (exact) mass is 479 g/mol. The van der Waals surface area contributed by atoms with Gasteiger partial charge in [-0.15, -0.1) is 0 Å². The number of aliphatic hydroxyl groups is 3. The molecule has 2 atom stereocenters. The van der Waals surface area contributed by atoms with Crippen LogP contribution in [0.3, 0.4) is 0 Å². The highest BCUT2D eigenvalue weighted by molar-refractivity contribution is 7.22. The second-order valence-corrected chi connectivity index (χ2v) is 8.76. The summed E-state index contributed by atoms with van der Waals surface area (Å²) in [5.41, 5.74) is 1.02. The fourth-order valence-corrected chi connectivity index (χ4v) is 4.62. The molecule has 0 bridgehead atoms. The summed E-state index contributed by atoms with van der Waals surface area (Å²) in [5.74, 6) is -0.892. The Hall–Kier alpha value is -2.93. The Kier molecular flexibility index (Phi) is 6.98. The zero-order valence-corrected chi connectivity index (χ0v) is 18.3. The van der Waals surface area contributed by atoms with Crippen LogP contribution >= 0.6 is 11.3 Å². The Bertz CT molecular complexity index is 1150. The van der Waals surface area contributed by atoms with Crippen LogP contribution in [0.15, 0.2) is 30.5 Å². The van der Waals surface area contributed by atoms with Crippen molar-refractivity contribution in [3.8, 4) is 0 Å². The minimum absolute atomic E-state index is 0.0757. The van der Waals surface area contributed by atoms with Gasteiger partial charge in [-0.3, -0.25) is 5.32 Å². The Morgan fingerprint density at radius 1 is 1.27 bits per heavy atom. The third-order valence-electron chi connectivity index (χ3n) is 5.38. The lowest BCUT2D eigenvalue weighted by molar-refractivity contribution is 0.0954. The molecule has 2 amide bonds. The molecule has 4 N–H and O–H groups in total. The first-order chi connectivity index (χ1) is 15.9. The van der Waals surface area contributed by atoms with Crippen LogP contribution in [0.2, 0.25) is 0 Å². The van der Waals surface area contributed by atoms with Gasteiger partial charge in [0.1, 0.15) is 5.82 Å². The number of carbonyl (C=O) groups is 1. The van der Waals surface area contributed by atoms with Gasteiger partial charge in [0.05, 0.1) is 35.6 Å². The lowest BCUT2D eigenvalue weighted by Crippen LogP contribution is -2.58. The van der Waals surface area contributed by atoms with Crippen molar-refractivity contribution in [3.63, 3.8) is 0 Å². The number of hydrogen-bond acceptors (Lipinski definition) is 8. The second kappa shape index (κ2) is 9.91. The lowest BCUT2D eigenvalue weighted by Gasteiger charge is -2.41. The lowest BCUT2D eigenvalue weighted by atomic mass is 10.1. The Labute approximate surface area is 191 Å². The zero-order valence-electron chi connectivity index (χ0n) is 17.5. The summed E-state index contributed by atoms with van der Waals surface area (Å²) in [6.45, 7) is -0.103. The molecule has 2 unspecified atom stereocenters. The summed E-state index contributed by atoms with van der Waals surface area (Å²) in [6.07, 6.45) is 0.513. The van der Waals surface area contributed by atoms with E-state index in [4.69, 9.17) is 5.11 Å². The second-order valence-electron chi connectivity index (χ2n) is 7.73. The number of aromatic nitrogens is 2. The fraction of sp³-hybridized carbons (Fsp3) is 0.381. The first-order valence-corrected chi connectivity index (χ1v) is 11.1. The molecule has 1 aromatic carbocycles. The molecule has 4 rings (SSSR count). The number of rotatable bonds is 6. The number of halogens is 2. The summed E-state index contributed by atoms with van der Waals surface area (Å²) in [6, 6.07) is 4.35. The van der Waals surface area contributed by atoms with Crippen LogP contribution in [0.1, 0.15) is 5.56 Å². The average molecular weight is 480 g/mol. The molecule has 0 aliphatic carbocycles. The first kappa shape index (κ1) is 23.2. The van der Waals surface area contributed by atoms with Gasteiger partial charge in [0.2, 0.25) is 0 Å². The molecule has 3 aromatic rings. The van der Waals surface area contributed by atoms with Gasteiger partial charge >= 0.3 is 6.03 Å². The van der Waals surface area contributed by atoms with Gasteiger partial charge < -0.3 is 25.1 Å². The zero-order chi connectivity index (χ0) is 23.5. The van der Waals surface area contributed by atoms with Gasteiger partial charge in [-0.25, -0.2) is 23.5 Å². The number of urea groups is 1. The maximum atomic E-state index is 14.7. The van der Waals surface area contributed by atoms with Crippen molar-refractivity contribution in [2.75, 3.05) is 43.1 Å². The van der Waals surface area contributed by atoms with Crippen LogP contribution in [0.5, 0.6) is 0 Å². The van der Waals surface area contributed by atoms with E-state index in [2.05, 4.69) is 15.3 Å². The van der Waals surface area contributed by atoms with E-state index in [1.165, 1.54) is 35.4 Å². The summed E-state index contributed by atoms with van der Waals surface area (Å²) >= 11 is 1.14. The van der Waals surface area contributed by atoms with Gasteiger partial charge in [-0.05, 0) is 29.8 Å². The van der Waals surface area contributed by atoms with Crippen LogP contribution in [-0.4, -0.2) is 81.2 Å². The van der Waals surface area contributed by atoms with Crippen molar-refractivity contribution in [3.05, 3.63) is 47.7 Å². The predicted octanol–water partition coefficient (Wildman–Crippen LogP) is 1.58. The molecule has 1 aliphatic heterocycles. The van der Waals surface area contributed by atoms with Crippen molar-refractivity contribution in [2.24, 2.45) is 0 Å². The molecule has 0 radical (unpaired) electrons. The number of benzene rings is 1. The van der Waals surface area contributed by atoms with Gasteiger partial charge in [-0.1, -0.05) is 11.3 Å². The largest absolute Gasteiger partial charge is 0.394 e. The highest BCUT2D eigenvalue weighted by Gasteiger charge is 2.32. The molecule has 33 heavy (non-hydrogen) atoms. The standard InChI is InChI=1S/C21H23F2N5O4S/c22-13-1-2-17-18(7-13)33-20(25-17)26-21(32)28-4-3-27(9-14(28)10-29)19-16(23)6-12(8-24-19)5-15(31)11-30/h1-2,6-8,14-15,29-31H,3-5,9-11H2,(H,25,26,32). The summed E-state index contributed by atoms with van der Waals surface area (Å²) in [4.78, 5) is 24.3. The molecule has 0 saturated carbocycles. The van der Waals surface area contributed by atoms with E-state index in [1.54, 1.807) is 4.90 Å². The molecule has 1 saturated heterocycles. The minimum atomic E-state index is -0.993. The molecule has 12 heteroatoms. The number of pyridine rings is 1. The van der Waals surface area contributed by atoms with E-state index >= 15 is 0 Å². The Morgan fingerprint density at radius 3 is 2.82 bits per heavy atom. The van der Waals surface area contributed by atoms with Gasteiger partial charge in [0.25, 0.3) is 0 Å². The van der Waals surface area contributed by atoms with E-state index in [9.17, 15) is 23.8 Å². The number of piperazine rings is 1. The van der Waals surface area contributed by atoms with Crippen molar-refractivity contribution in [2.45, 2.75) is 18.6 Å². The summed E-state index contributed by atoms with van der Waals surface area (Å²) in [7, 11) is 0. The summed E-state index contributed by atoms with van der Waals surface area (Å²) in [5, 5.41) is 31.3. The summed E-state index contributed by atoms with van der Waals surface area (Å²) < 4.78 is 28.7. The number of fused-ring (bicyclic) bond motifs is 1. The van der Waals surface area contributed by atoms with E-state index in [0.29, 0.717) is 20.9 Å². The molecule has 3 heterocycles. The number of hydrogen-bond donors (Lipinski definition) is 4. The van der Waals surface area contributed by atoms with Gasteiger partial charge in [0, 0.05) is 32.3 Å². The number of anilines is 2. The topological polar surface area (TPSA) is 122 Å². The number of nitrogens with one attached hydrogen (secondary N) is 1. The van der Waals surface area contributed by atoms with E-state index in [1.807, 2.05) is 0 Å². The van der Waals surface area contributed by atoms with Crippen molar-refractivity contribution < 1.29 is 28.9 Å². The van der Waals surface area contributed by atoms with Gasteiger partial charge in [0.15, 0.2) is 16.8 Å². The van der Waals surface area contributed by atoms with Gasteiger partial charge in [-0.2, -0.15) is 0 Å². The molecule has 1 aliphatic rings. The van der Waals surface area contributed by atoms with E-state index in [0.717, 1.165) is 11.3 Å². The van der Waals surface area contributed by atoms with Crippen molar-refractivity contribution in [1.29, 1.82) is 0 Å². The van der Waals surface area contributed by atoms with Crippen molar-refractivity contribution in [1.82, 2.24) is 14.9 Å². The van der Waals surface area contributed by atoms with E-state index < -0.39 is 30.6 Å². The Morgan fingerprint density at radius 2 is 2.09 bits per heavy atom. The molecule has 2 aromatic heterocycles. The molecule has 0 spiro atoms. The number of aliphatic hydroxyl groups excluding tert-OH is 3. The molecular formula is C21H23F2N5O4S. The van der Waals surface area contributed by atoms with Crippen LogP contribution in [0, 0.1) is 11.6 Å². The number of nitrogens with zero attached hydrogens (tertiary/aromatic N) is 4. The Balaban J connectivity index is 1.43. The normalized spacial score (nSPS) is 17.4. The number of carbonyl (C=O) groups excluding carboxylic acids is 1. The third kappa shape index (κ3) is 5.19. The van der Waals surface area contributed by atoms with E-state index in [-0.39, 0.29) is 44.3 Å². The predicted molar refractivity (Wildman–Crippen MR) is 119 cm³/mol. The first-order valence-electron chi connectivity index (χ1n) is 10.3. The third-order valence-corrected chi connectivity index (χ3v) is 6.31. The highest BCUT2D eigenvalue weighted by Crippen LogP contribution is 2.27.